The first-order valence-corrected chi connectivity index (χ1v) is 9.18. The van der Waals surface area contributed by atoms with Crippen LogP contribution in [0.2, 0.25) is 0 Å². The summed E-state index contributed by atoms with van der Waals surface area (Å²) in [7, 11) is 3.70. The van der Waals surface area contributed by atoms with Crippen molar-refractivity contribution in [2.24, 2.45) is 17.3 Å². The minimum atomic E-state index is 0.864. The molecule has 0 atom stereocenters. The van der Waals surface area contributed by atoms with Gasteiger partial charge in [0, 0.05) is 7.05 Å². The Hall–Kier alpha value is -2.92. The van der Waals surface area contributed by atoms with Crippen LogP contribution in [0.15, 0.2) is 70.9 Å². The number of aryl methyl sites for hydroxylation is 1. The Morgan fingerprint density at radius 3 is 2.58 bits per heavy atom. The summed E-state index contributed by atoms with van der Waals surface area (Å²) in [6.45, 7) is 1.99. The van der Waals surface area contributed by atoms with Crippen molar-refractivity contribution in [3.8, 4) is 5.75 Å². The molecule has 0 bridgehead atoms. The maximum absolute atomic E-state index is 5.28. The number of methoxy groups -OCH3 is 1. The first-order chi connectivity index (χ1) is 12.7. The molecule has 0 fully saturated rings. The number of hydrogen-bond acceptors (Lipinski definition) is 4. The van der Waals surface area contributed by atoms with Crippen LogP contribution < -0.4 is 9.54 Å². The summed E-state index contributed by atoms with van der Waals surface area (Å²) < 4.78 is 8.57. The van der Waals surface area contributed by atoms with Crippen molar-refractivity contribution in [3.05, 3.63) is 71.0 Å². The number of nitrogens with zero attached hydrogens (tertiary/aromatic N) is 3. The van der Waals surface area contributed by atoms with E-state index in [1.807, 2.05) is 38.2 Å². The molecule has 4 nitrogen and oxygen atoms in total. The normalized spacial score (nSPS) is 12.9. The Balaban J connectivity index is 1.73. The smallest absolute Gasteiger partial charge is 0.211 e. The lowest BCUT2D eigenvalue weighted by Gasteiger charge is -2.05. The fourth-order valence-corrected chi connectivity index (χ4v) is 3.90. The minimum Gasteiger partial charge on any atom is -0.497 e. The van der Waals surface area contributed by atoms with E-state index in [9.17, 15) is 0 Å². The average Bonchev–Trinajstić information content (AvgIpc) is 3.01. The van der Waals surface area contributed by atoms with Crippen molar-refractivity contribution >= 4 is 38.0 Å². The zero-order valence-electron chi connectivity index (χ0n) is 14.9. The third kappa shape index (κ3) is 3.02. The fourth-order valence-electron chi connectivity index (χ4n) is 2.93. The number of aromatic nitrogens is 1. The summed E-state index contributed by atoms with van der Waals surface area (Å²) in [5.74, 6) is 0.864. The van der Waals surface area contributed by atoms with Crippen LogP contribution in [0.3, 0.4) is 0 Å². The van der Waals surface area contributed by atoms with E-state index in [0.717, 1.165) is 32.6 Å². The Labute approximate surface area is 155 Å². The Morgan fingerprint density at radius 2 is 1.77 bits per heavy atom. The molecule has 0 radical (unpaired) electrons. The third-order valence-electron chi connectivity index (χ3n) is 4.47. The van der Waals surface area contributed by atoms with Crippen molar-refractivity contribution in [1.82, 2.24) is 4.57 Å². The Morgan fingerprint density at radius 1 is 1.00 bits per heavy atom. The largest absolute Gasteiger partial charge is 0.497 e. The molecule has 5 heteroatoms. The number of benzene rings is 3. The number of ether oxygens (including phenoxy) is 1. The van der Waals surface area contributed by atoms with Crippen LogP contribution in [0.5, 0.6) is 5.75 Å². The molecule has 0 unspecified atom stereocenters. The van der Waals surface area contributed by atoms with Crippen molar-refractivity contribution in [2.45, 2.75) is 6.92 Å². The van der Waals surface area contributed by atoms with Crippen LogP contribution in [0.1, 0.15) is 12.5 Å². The van der Waals surface area contributed by atoms with Gasteiger partial charge in [-0.15, -0.1) is 5.10 Å². The van der Waals surface area contributed by atoms with E-state index < -0.39 is 0 Å². The molecule has 3 aromatic carbocycles. The van der Waals surface area contributed by atoms with E-state index in [2.05, 4.69) is 51.2 Å². The number of hydrogen-bond donors (Lipinski definition) is 0. The molecular weight excluding hydrogens is 342 g/mol. The van der Waals surface area contributed by atoms with Crippen LogP contribution in [-0.2, 0) is 7.05 Å². The molecule has 0 amide bonds. The van der Waals surface area contributed by atoms with E-state index in [-0.39, 0.29) is 0 Å². The van der Waals surface area contributed by atoms with Crippen LogP contribution in [-0.4, -0.2) is 17.4 Å². The van der Waals surface area contributed by atoms with Crippen molar-refractivity contribution in [1.29, 1.82) is 0 Å². The number of para-hydroxylation sites is 1. The molecular formula is C21H19N3OS. The van der Waals surface area contributed by atoms with E-state index in [1.54, 1.807) is 18.4 Å². The maximum Gasteiger partial charge on any atom is 0.211 e. The Bertz CT molecular complexity index is 1200. The van der Waals surface area contributed by atoms with Crippen molar-refractivity contribution in [2.75, 3.05) is 7.11 Å². The quantitative estimate of drug-likeness (QED) is 0.384. The predicted molar refractivity (Wildman–Crippen MR) is 109 cm³/mol. The van der Waals surface area contributed by atoms with Crippen LogP contribution in [0, 0.1) is 0 Å². The number of thiazole rings is 1. The second kappa shape index (κ2) is 6.77. The maximum atomic E-state index is 5.28. The fraction of sp³-hybridized carbons (Fsp3) is 0.143. The lowest BCUT2D eigenvalue weighted by molar-refractivity contribution is 0.415. The van der Waals surface area contributed by atoms with Gasteiger partial charge in [0.25, 0.3) is 0 Å². The Kier molecular flexibility index (Phi) is 4.31. The summed E-state index contributed by atoms with van der Waals surface area (Å²) in [5, 5.41) is 11.2. The van der Waals surface area contributed by atoms with Gasteiger partial charge in [0.1, 0.15) is 5.75 Å². The van der Waals surface area contributed by atoms with Gasteiger partial charge in [-0.1, -0.05) is 41.7 Å². The van der Waals surface area contributed by atoms with E-state index in [4.69, 9.17) is 4.74 Å². The molecule has 0 aliphatic carbocycles. The summed E-state index contributed by atoms with van der Waals surface area (Å²) in [6.07, 6.45) is 0. The lowest BCUT2D eigenvalue weighted by Crippen LogP contribution is -2.09. The van der Waals surface area contributed by atoms with Gasteiger partial charge in [0.05, 0.1) is 23.0 Å². The monoisotopic (exact) mass is 361 g/mol. The van der Waals surface area contributed by atoms with Crippen molar-refractivity contribution < 1.29 is 4.74 Å². The topological polar surface area (TPSA) is 38.9 Å². The first kappa shape index (κ1) is 16.5. The summed E-state index contributed by atoms with van der Waals surface area (Å²) in [4.78, 5) is 0.885. The van der Waals surface area contributed by atoms with Gasteiger partial charge in [-0.05, 0) is 53.6 Å². The minimum absolute atomic E-state index is 0.864. The van der Waals surface area contributed by atoms with Gasteiger partial charge in [-0.2, -0.15) is 5.10 Å². The van der Waals surface area contributed by atoms with Crippen LogP contribution in [0.25, 0.3) is 21.0 Å². The second-order valence-corrected chi connectivity index (χ2v) is 7.13. The number of fused-ring (bicyclic) bond motifs is 2. The zero-order chi connectivity index (χ0) is 18.1. The first-order valence-electron chi connectivity index (χ1n) is 8.37. The molecule has 0 saturated heterocycles. The summed E-state index contributed by atoms with van der Waals surface area (Å²) in [6, 6.07) is 20.6. The van der Waals surface area contributed by atoms with Gasteiger partial charge in [-0.25, -0.2) is 0 Å². The zero-order valence-corrected chi connectivity index (χ0v) is 15.7. The molecule has 1 aromatic heterocycles. The van der Waals surface area contributed by atoms with Gasteiger partial charge >= 0.3 is 0 Å². The van der Waals surface area contributed by atoms with Crippen molar-refractivity contribution in [3.63, 3.8) is 0 Å². The standard InChI is InChI=1S/C21H19N3OS/c1-14(15-8-9-17-13-18(25-3)11-10-16(17)12-15)22-23-21-24(2)19-6-4-5-7-20(19)26-21/h4-13H,1-3H3. The lowest BCUT2D eigenvalue weighted by atomic mass is 10.0. The predicted octanol–water partition coefficient (Wildman–Crippen LogP) is 4.73. The highest BCUT2D eigenvalue weighted by Gasteiger charge is 2.03. The molecule has 0 N–H and O–H groups in total. The molecule has 4 rings (SSSR count). The van der Waals surface area contributed by atoms with Gasteiger partial charge in [0.15, 0.2) is 0 Å². The molecule has 0 aliphatic rings. The van der Waals surface area contributed by atoms with E-state index in [0.29, 0.717) is 0 Å². The van der Waals surface area contributed by atoms with E-state index in [1.165, 1.54) is 10.2 Å². The van der Waals surface area contributed by atoms with Gasteiger partial charge in [0.2, 0.25) is 4.80 Å². The number of rotatable bonds is 3. The highest BCUT2D eigenvalue weighted by Crippen LogP contribution is 2.22. The summed E-state index contributed by atoms with van der Waals surface area (Å²) >= 11 is 1.64. The van der Waals surface area contributed by atoms with Gasteiger partial charge < -0.3 is 9.30 Å². The molecule has 1 heterocycles. The highest BCUT2D eigenvalue weighted by molar-refractivity contribution is 7.16. The molecule has 0 spiro atoms. The molecule has 0 aliphatic heterocycles. The molecule has 4 aromatic rings. The van der Waals surface area contributed by atoms with Crippen LogP contribution in [0.4, 0.5) is 0 Å². The van der Waals surface area contributed by atoms with E-state index >= 15 is 0 Å². The van der Waals surface area contributed by atoms with Gasteiger partial charge in [-0.3, -0.25) is 0 Å². The third-order valence-corrected chi connectivity index (χ3v) is 5.57. The molecule has 0 saturated carbocycles. The molecule has 26 heavy (non-hydrogen) atoms. The summed E-state index contributed by atoms with van der Waals surface area (Å²) in [5.41, 5.74) is 3.12. The average molecular weight is 361 g/mol. The SMILES string of the molecule is COc1ccc2cc(C(C)=NN=c3sc4ccccc4n3C)ccc2c1. The molecule has 130 valence electrons. The second-order valence-electron chi connectivity index (χ2n) is 6.12. The highest BCUT2D eigenvalue weighted by atomic mass is 32.1. The van der Waals surface area contributed by atoms with Crippen LogP contribution >= 0.6 is 11.3 Å².